The van der Waals surface area contributed by atoms with Gasteiger partial charge in [0.1, 0.15) is 42.1 Å². The Kier molecular flexibility index (Phi) is 14.0. The molecular weight excluding hydrogens is 727 g/mol. The molecule has 1 aromatic heterocycles. The highest BCUT2D eigenvalue weighted by molar-refractivity contribution is 6.37. The van der Waals surface area contributed by atoms with Gasteiger partial charge in [0.05, 0.1) is 33.8 Å². The highest BCUT2D eigenvalue weighted by Gasteiger charge is 2.32. The summed E-state index contributed by atoms with van der Waals surface area (Å²) in [4.78, 5) is 18.4. The molecule has 52 heavy (non-hydrogen) atoms. The van der Waals surface area contributed by atoms with Crippen molar-refractivity contribution in [3.05, 3.63) is 104 Å². The predicted octanol–water partition coefficient (Wildman–Crippen LogP) is 7.92. The zero-order chi connectivity index (χ0) is 37.1. The summed E-state index contributed by atoms with van der Waals surface area (Å²) in [5.74, 6) is 0.0271. The lowest BCUT2D eigenvalue weighted by Crippen LogP contribution is -2.52. The summed E-state index contributed by atoms with van der Waals surface area (Å²) in [5, 5.41) is 32.7. The van der Waals surface area contributed by atoms with Crippen molar-refractivity contribution in [2.24, 2.45) is 0 Å². The molecule has 1 aliphatic heterocycles. The fraction of sp³-hybridized carbons (Fsp3) is 0.359. The second-order valence-corrected chi connectivity index (χ2v) is 14.0. The summed E-state index contributed by atoms with van der Waals surface area (Å²) in [7, 11) is 0. The van der Waals surface area contributed by atoms with Gasteiger partial charge in [-0.05, 0) is 57.5 Å². The maximum Gasteiger partial charge on any atom is 0.326 e. The number of piperidine rings is 1. The van der Waals surface area contributed by atoms with E-state index in [4.69, 9.17) is 49.0 Å². The van der Waals surface area contributed by atoms with Crippen LogP contribution in [0.3, 0.4) is 0 Å². The average molecular weight is 768 g/mol. The van der Waals surface area contributed by atoms with Gasteiger partial charge in [0.2, 0.25) is 0 Å². The van der Waals surface area contributed by atoms with Crippen LogP contribution in [0.15, 0.2) is 67.0 Å². The van der Waals surface area contributed by atoms with E-state index in [-0.39, 0.29) is 24.8 Å². The van der Waals surface area contributed by atoms with Crippen LogP contribution in [0.4, 0.5) is 0 Å². The van der Waals surface area contributed by atoms with E-state index in [0.717, 1.165) is 37.2 Å². The van der Waals surface area contributed by atoms with Gasteiger partial charge in [-0.15, -0.1) is 0 Å². The molecule has 3 N–H and O–H groups in total. The number of nitriles is 1. The molecule has 0 radical (unpaired) electrons. The van der Waals surface area contributed by atoms with E-state index in [0.29, 0.717) is 56.2 Å². The van der Waals surface area contributed by atoms with Crippen molar-refractivity contribution in [1.29, 1.82) is 5.26 Å². The lowest BCUT2D eigenvalue weighted by molar-refractivity contribution is -0.145. The maximum atomic E-state index is 11.8. The molecule has 5 rings (SSSR count). The third kappa shape index (κ3) is 10.1. The van der Waals surface area contributed by atoms with Crippen molar-refractivity contribution in [1.82, 2.24) is 15.2 Å². The van der Waals surface area contributed by atoms with Gasteiger partial charge in [-0.1, -0.05) is 71.6 Å². The molecule has 4 aromatic rings. The van der Waals surface area contributed by atoms with Crippen LogP contribution < -0.4 is 19.5 Å². The van der Waals surface area contributed by atoms with Gasteiger partial charge in [-0.3, -0.25) is 15.1 Å². The second kappa shape index (κ2) is 18.6. The Morgan fingerprint density at radius 3 is 2.38 bits per heavy atom. The minimum Gasteiger partial charge on any atom is -0.492 e. The van der Waals surface area contributed by atoms with E-state index in [2.05, 4.69) is 21.3 Å². The molecule has 0 amide bonds. The number of benzene rings is 3. The van der Waals surface area contributed by atoms with Crippen LogP contribution >= 0.6 is 34.8 Å². The number of carboxylic acid groups (broad SMARTS) is 1. The number of carboxylic acids is 1. The largest absolute Gasteiger partial charge is 0.492 e. The zero-order valence-corrected chi connectivity index (χ0v) is 31.1. The molecule has 274 valence electrons. The summed E-state index contributed by atoms with van der Waals surface area (Å²) in [6, 6.07) is 18.2. The molecule has 0 bridgehead atoms. The van der Waals surface area contributed by atoms with Crippen LogP contribution in [0, 0.1) is 11.3 Å². The number of halogens is 3. The van der Waals surface area contributed by atoms with Gasteiger partial charge in [0.25, 0.3) is 0 Å². The molecule has 0 saturated carbocycles. The molecule has 1 fully saturated rings. The van der Waals surface area contributed by atoms with Crippen molar-refractivity contribution in [3.8, 4) is 34.4 Å². The van der Waals surface area contributed by atoms with E-state index in [9.17, 15) is 20.3 Å². The summed E-state index contributed by atoms with van der Waals surface area (Å²) in [6.45, 7) is 4.72. The fourth-order valence-electron chi connectivity index (χ4n) is 5.78. The Labute approximate surface area is 318 Å². The molecular formula is C39H41Cl3N4O6. The molecule has 1 atom stereocenters. The number of nitrogens with one attached hydrogen (secondary N) is 1. The van der Waals surface area contributed by atoms with E-state index < -0.39 is 18.1 Å². The van der Waals surface area contributed by atoms with Crippen molar-refractivity contribution in [3.63, 3.8) is 0 Å². The standard InChI is InChI=1S/C39H41Cl3N4O6/c1-39(25-47,38(48)49)45-22-29-17-32(40)35(18-34(29)51-23-27-16-26(19-43)20-44-21-27)52-24-28-8-5-9-30(36(28)41)31-10-6-11-33(37(31)42)50-15-7-14-46-12-3-2-4-13-46/h5-6,8-11,16-18,20-21,45,47H,2-4,7,12-15,22-25H2,1H3,(H,48,49). The van der Waals surface area contributed by atoms with Gasteiger partial charge >= 0.3 is 5.97 Å². The Bertz CT molecular complexity index is 1900. The average Bonchev–Trinajstić information content (AvgIpc) is 3.16. The molecule has 13 heteroatoms. The van der Waals surface area contributed by atoms with Crippen LogP contribution in [0.25, 0.3) is 11.1 Å². The third-order valence-electron chi connectivity index (χ3n) is 8.93. The van der Waals surface area contributed by atoms with Crippen molar-refractivity contribution < 1.29 is 29.2 Å². The SMILES string of the molecule is CC(CO)(NCc1cc(Cl)c(OCc2cccc(-c3cccc(OCCCN4CCCCC4)c3Cl)c2Cl)cc1OCc1cncc(C#N)c1)C(=O)O. The van der Waals surface area contributed by atoms with Gasteiger partial charge in [-0.2, -0.15) is 5.26 Å². The van der Waals surface area contributed by atoms with E-state index in [1.54, 1.807) is 24.4 Å². The number of ether oxygens (including phenoxy) is 3. The van der Waals surface area contributed by atoms with Gasteiger partial charge in [-0.25, -0.2) is 0 Å². The molecule has 2 heterocycles. The van der Waals surface area contributed by atoms with Crippen LogP contribution in [0.1, 0.15) is 54.9 Å². The number of likely N-dealkylation sites (tertiary alicyclic amines) is 1. The van der Waals surface area contributed by atoms with E-state index in [1.165, 1.54) is 32.4 Å². The van der Waals surface area contributed by atoms with Gasteiger partial charge < -0.3 is 29.3 Å². The fourth-order valence-corrected chi connectivity index (χ4v) is 6.58. The molecule has 3 aromatic carbocycles. The highest BCUT2D eigenvalue weighted by Crippen LogP contribution is 2.40. The van der Waals surface area contributed by atoms with E-state index in [1.807, 2.05) is 36.4 Å². The van der Waals surface area contributed by atoms with Crippen molar-refractivity contribution in [2.45, 2.75) is 57.9 Å². The highest BCUT2D eigenvalue weighted by atomic mass is 35.5. The number of hydrogen-bond donors (Lipinski definition) is 3. The van der Waals surface area contributed by atoms with Gasteiger partial charge in [0.15, 0.2) is 0 Å². The number of nitrogens with zero attached hydrogens (tertiary/aromatic N) is 3. The Morgan fingerprint density at radius 2 is 1.65 bits per heavy atom. The number of aromatic nitrogens is 1. The van der Waals surface area contributed by atoms with Crippen LogP contribution in [-0.4, -0.2) is 64.5 Å². The summed E-state index contributed by atoms with van der Waals surface area (Å²) in [5.41, 5.74) is 2.09. The minimum atomic E-state index is -1.60. The predicted molar refractivity (Wildman–Crippen MR) is 201 cm³/mol. The monoisotopic (exact) mass is 766 g/mol. The first-order valence-corrected chi connectivity index (χ1v) is 18.2. The normalized spacial score (nSPS) is 14.3. The number of rotatable bonds is 17. The molecule has 10 nitrogen and oxygen atoms in total. The third-order valence-corrected chi connectivity index (χ3v) is 10.1. The number of aliphatic hydroxyl groups is 1. The lowest BCUT2D eigenvalue weighted by atomic mass is 10.0. The maximum absolute atomic E-state index is 11.8. The number of aliphatic hydroxyl groups excluding tert-OH is 1. The van der Waals surface area contributed by atoms with Crippen molar-refractivity contribution >= 4 is 40.8 Å². The number of pyridine rings is 1. The first-order valence-electron chi connectivity index (χ1n) is 17.0. The molecule has 0 spiro atoms. The lowest BCUT2D eigenvalue weighted by Gasteiger charge is -2.26. The topological polar surface area (TPSA) is 137 Å². The molecule has 1 unspecified atom stereocenters. The quantitative estimate of drug-likeness (QED) is 0.0910. The second-order valence-electron chi connectivity index (χ2n) is 12.8. The minimum absolute atomic E-state index is 0.00499. The summed E-state index contributed by atoms with van der Waals surface area (Å²) < 4.78 is 18.4. The summed E-state index contributed by atoms with van der Waals surface area (Å²) in [6.07, 6.45) is 7.77. The smallest absolute Gasteiger partial charge is 0.326 e. The first kappa shape index (κ1) is 39.1. The first-order chi connectivity index (χ1) is 25.1. The molecule has 1 saturated heterocycles. The van der Waals surface area contributed by atoms with Crippen LogP contribution in [-0.2, 0) is 24.6 Å². The van der Waals surface area contributed by atoms with E-state index >= 15 is 0 Å². The van der Waals surface area contributed by atoms with Crippen LogP contribution in [0.2, 0.25) is 15.1 Å². The Morgan fingerprint density at radius 1 is 0.923 bits per heavy atom. The zero-order valence-electron chi connectivity index (χ0n) is 28.8. The number of hydrogen-bond acceptors (Lipinski definition) is 9. The molecule has 1 aliphatic rings. The van der Waals surface area contributed by atoms with Crippen molar-refractivity contribution in [2.75, 3.05) is 32.8 Å². The Balaban J connectivity index is 1.32. The molecule has 0 aliphatic carbocycles. The Hall–Kier alpha value is -4.08. The number of carbonyl (C=O) groups is 1. The van der Waals surface area contributed by atoms with Gasteiger partial charge in [0, 0.05) is 59.4 Å². The number of aliphatic carboxylic acids is 1. The van der Waals surface area contributed by atoms with Crippen LogP contribution in [0.5, 0.6) is 17.2 Å². The summed E-state index contributed by atoms with van der Waals surface area (Å²) >= 11 is 20.5.